The lowest BCUT2D eigenvalue weighted by molar-refractivity contribution is 0.358. The maximum Gasteiger partial charge on any atom is 0.243 e. The molecule has 1 aromatic heterocycles. The predicted molar refractivity (Wildman–Crippen MR) is 68.9 cm³/mol. The van der Waals surface area contributed by atoms with Crippen LogP contribution in [0.5, 0.6) is 0 Å². The van der Waals surface area contributed by atoms with E-state index in [1.54, 1.807) is 6.92 Å². The average Bonchev–Trinajstić information content (AvgIpc) is 2.72. The Labute approximate surface area is 112 Å². The molecule has 0 radical (unpaired) electrons. The van der Waals surface area contributed by atoms with Gasteiger partial charge in [-0.05, 0) is 40.5 Å². The number of nitrogens with zero attached hydrogens (tertiary/aromatic N) is 2. The van der Waals surface area contributed by atoms with Gasteiger partial charge in [0.25, 0.3) is 0 Å². The lowest BCUT2D eigenvalue weighted by Crippen LogP contribution is -2.05. The molecule has 0 saturated carbocycles. The highest BCUT2D eigenvalue weighted by atomic mass is 79.9. The predicted octanol–water partition coefficient (Wildman–Crippen LogP) is 3.10. The van der Waals surface area contributed by atoms with E-state index in [1.165, 1.54) is 0 Å². The molecule has 0 aliphatic rings. The van der Waals surface area contributed by atoms with Crippen LogP contribution in [0.4, 0.5) is 0 Å². The zero-order valence-corrected chi connectivity index (χ0v) is 11.5. The molecule has 2 rings (SSSR count). The molecule has 0 unspecified atom stereocenters. The molecule has 1 aromatic carbocycles. The zero-order chi connectivity index (χ0) is 12.4. The van der Waals surface area contributed by atoms with Crippen LogP contribution in [0.25, 0.3) is 0 Å². The topological polar surface area (TPSA) is 64.9 Å². The largest absolute Gasteiger partial charge is 0.338 e. The van der Waals surface area contributed by atoms with E-state index < -0.39 is 0 Å². The molecule has 0 spiro atoms. The minimum atomic E-state index is -0.242. The number of benzene rings is 1. The van der Waals surface area contributed by atoms with Crippen LogP contribution in [-0.4, -0.2) is 10.1 Å². The van der Waals surface area contributed by atoms with Gasteiger partial charge in [0.05, 0.1) is 11.1 Å². The van der Waals surface area contributed by atoms with Crippen molar-refractivity contribution in [2.75, 3.05) is 0 Å². The number of rotatable bonds is 3. The fraction of sp³-hybridized carbons (Fsp3) is 0.273. The van der Waals surface area contributed by atoms with Crippen LogP contribution in [0, 0.1) is 0 Å². The van der Waals surface area contributed by atoms with Crippen molar-refractivity contribution >= 4 is 27.5 Å². The molecule has 1 heterocycles. The highest BCUT2D eigenvalue weighted by Crippen LogP contribution is 2.24. The van der Waals surface area contributed by atoms with Crippen molar-refractivity contribution in [2.24, 2.45) is 5.73 Å². The first kappa shape index (κ1) is 12.5. The lowest BCUT2D eigenvalue weighted by atomic mass is 10.1. The Morgan fingerprint density at radius 3 is 2.88 bits per heavy atom. The second-order valence-corrected chi connectivity index (χ2v) is 5.02. The average molecular weight is 317 g/mol. The summed E-state index contributed by atoms with van der Waals surface area (Å²) >= 11 is 9.29. The van der Waals surface area contributed by atoms with Gasteiger partial charge >= 0.3 is 0 Å². The van der Waals surface area contributed by atoms with Crippen molar-refractivity contribution in [1.82, 2.24) is 10.1 Å². The molecule has 0 fully saturated rings. The van der Waals surface area contributed by atoms with Gasteiger partial charge in [-0.2, -0.15) is 4.98 Å². The van der Waals surface area contributed by atoms with Gasteiger partial charge in [-0.25, -0.2) is 0 Å². The van der Waals surface area contributed by atoms with Gasteiger partial charge < -0.3 is 10.3 Å². The molecular formula is C11H11BrClN3O. The van der Waals surface area contributed by atoms with Gasteiger partial charge in [0.1, 0.15) is 0 Å². The molecule has 2 aromatic rings. The van der Waals surface area contributed by atoms with Gasteiger partial charge in [-0.15, -0.1) is 0 Å². The van der Waals surface area contributed by atoms with E-state index in [0.717, 1.165) is 10.0 Å². The summed E-state index contributed by atoms with van der Waals surface area (Å²) < 4.78 is 5.88. The Hall–Kier alpha value is -0.910. The normalized spacial score (nSPS) is 12.7. The number of halogens is 2. The van der Waals surface area contributed by atoms with E-state index in [9.17, 15) is 0 Å². The van der Waals surface area contributed by atoms with Crippen molar-refractivity contribution in [3.05, 3.63) is 45.0 Å². The minimum absolute atomic E-state index is 0.242. The number of nitrogens with two attached hydrogens (primary N) is 1. The van der Waals surface area contributed by atoms with E-state index >= 15 is 0 Å². The highest BCUT2D eigenvalue weighted by Gasteiger charge is 2.10. The minimum Gasteiger partial charge on any atom is -0.338 e. The first-order valence-electron chi connectivity index (χ1n) is 5.08. The Morgan fingerprint density at radius 2 is 2.29 bits per heavy atom. The summed E-state index contributed by atoms with van der Waals surface area (Å²) in [7, 11) is 0. The standard InChI is InChI=1S/C11H11BrClN3O/c1-6(14)11-15-10(16-17-11)5-7-2-3-9(13)8(12)4-7/h2-4,6H,5,14H2,1H3/t6-/m0/s1. The molecule has 17 heavy (non-hydrogen) atoms. The van der Waals surface area contributed by atoms with Crippen molar-refractivity contribution in [2.45, 2.75) is 19.4 Å². The molecule has 0 aliphatic heterocycles. The van der Waals surface area contributed by atoms with Gasteiger partial charge in [0.15, 0.2) is 5.82 Å². The SMILES string of the molecule is C[C@H](N)c1nc(Cc2ccc(Cl)c(Br)c2)no1. The first-order chi connectivity index (χ1) is 8.06. The van der Waals surface area contributed by atoms with Crippen molar-refractivity contribution in [3.63, 3.8) is 0 Å². The molecule has 0 aliphatic carbocycles. The lowest BCUT2D eigenvalue weighted by Gasteiger charge is -2.00. The van der Waals surface area contributed by atoms with Crippen molar-refractivity contribution in [3.8, 4) is 0 Å². The summed E-state index contributed by atoms with van der Waals surface area (Å²) in [6.45, 7) is 1.80. The van der Waals surface area contributed by atoms with E-state index in [0.29, 0.717) is 23.2 Å². The quantitative estimate of drug-likeness (QED) is 0.945. The Morgan fingerprint density at radius 1 is 1.53 bits per heavy atom. The number of aromatic nitrogens is 2. The van der Waals surface area contributed by atoms with Crippen molar-refractivity contribution in [1.29, 1.82) is 0 Å². The fourth-order valence-electron chi connectivity index (χ4n) is 1.36. The van der Waals surface area contributed by atoms with E-state index in [2.05, 4.69) is 26.1 Å². The third kappa shape index (κ3) is 3.06. The number of hydrogen-bond acceptors (Lipinski definition) is 4. The maximum atomic E-state index is 5.92. The van der Waals surface area contributed by atoms with Crippen LogP contribution < -0.4 is 5.73 Å². The summed E-state index contributed by atoms with van der Waals surface area (Å²) in [6, 6.07) is 5.44. The van der Waals surface area contributed by atoms with Gasteiger partial charge in [0.2, 0.25) is 5.89 Å². The Bertz CT molecular complexity index is 527. The molecule has 90 valence electrons. The van der Waals surface area contributed by atoms with Crippen LogP contribution in [0.2, 0.25) is 5.02 Å². The summed E-state index contributed by atoms with van der Waals surface area (Å²) in [5, 5.41) is 4.55. The second-order valence-electron chi connectivity index (χ2n) is 3.76. The summed E-state index contributed by atoms with van der Waals surface area (Å²) in [6.07, 6.45) is 0.589. The molecule has 1 atom stereocenters. The molecule has 0 amide bonds. The molecular weight excluding hydrogens is 305 g/mol. The van der Waals surface area contributed by atoms with Gasteiger partial charge in [0, 0.05) is 10.9 Å². The third-order valence-electron chi connectivity index (χ3n) is 2.22. The molecule has 4 nitrogen and oxygen atoms in total. The van der Waals surface area contributed by atoms with Crippen LogP contribution in [-0.2, 0) is 6.42 Å². The van der Waals surface area contributed by atoms with E-state index in [4.69, 9.17) is 21.9 Å². The van der Waals surface area contributed by atoms with Crippen LogP contribution in [0.15, 0.2) is 27.2 Å². The van der Waals surface area contributed by atoms with Gasteiger partial charge in [-0.1, -0.05) is 22.8 Å². The third-order valence-corrected chi connectivity index (χ3v) is 3.43. The van der Waals surface area contributed by atoms with E-state index in [-0.39, 0.29) is 6.04 Å². The molecule has 2 N–H and O–H groups in total. The summed E-state index contributed by atoms with van der Waals surface area (Å²) in [5.74, 6) is 1.07. The van der Waals surface area contributed by atoms with E-state index in [1.807, 2.05) is 18.2 Å². The highest BCUT2D eigenvalue weighted by molar-refractivity contribution is 9.10. The fourth-order valence-corrected chi connectivity index (χ4v) is 1.90. The Kier molecular flexibility index (Phi) is 3.81. The smallest absolute Gasteiger partial charge is 0.243 e. The maximum absolute atomic E-state index is 5.92. The van der Waals surface area contributed by atoms with Crippen molar-refractivity contribution < 1.29 is 4.52 Å². The Balaban J connectivity index is 2.16. The summed E-state index contributed by atoms with van der Waals surface area (Å²) in [5.41, 5.74) is 6.70. The van der Waals surface area contributed by atoms with Crippen LogP contribution in [0.1, 0.15) is 30.2 Å². The molecule has 0 saturated heterocycles. The molecule has 0 bridgehead atoms. The summed E-state index contributed by atoms with van der Waals surface area (Å²) in [4.78, 5) is 4.21. The number of hydrogen-bond donors (Lipinski definition) is 1. The monoisotopic (exact) mass is 315 g/mol. The van der Waals surface area contributed by atoms with Gasteiger partial charge in [-0.3, -0.25) is 0 Å². The van der Waals surface area contributed by atoms with Crippen LogP contribution in [0.3, 0.4) is 0 Å². The second kappa shape index (κ2) is 5.16. The first-order valence-corrected chi connectivity index (χ1v) is 6.25. The van der Waals surface area contributed by atoms with Crippen LogP contribution >= 0.6 is 27.5 Å². The molecule has 6 heteroatoms. The zero-order valence-electron chi connectivity index (χ0n) is 9.15.